The van der Waals surface area contributed by atoms with Crippen molar-refractivity contribution in [3.8, 4) is 0 Å². The average Bonchev–Trinajstić information content (AvgIpc) is 3.30. The van der Waals surface area contributed by atoms with Crippen LogP contribution in [0.3, 0.4) is 0 Å². The molecule has 0 saturated carbocycles. The van der Waals surface area contributed by atoms with E-state index in [1.54, 1.807) is 51.3 Å². The lowest BCUT2D eigenvalue weighted by Crippen LogP contribution is -2.65. The van der Waals surface area contributed by atoms with Gasteiger partial charge in [-0.25, -0.2) is 9.59 Å². The van der Waals surface area contributed by atoms with Gasteiger partial charge in [0.05, 0.1) is 12.2 Å². The quantitative estimate of drug-likeness (QED) is 0.100. The number of aryl methyl sites for hydroxylation is 2. The molecule has 0 bridgehead atoms. The van der Waals surface area contributed by atoms with Gasteiger partial charge < -0.3 is 35.2 Å². The number of benzene rings is 4. The fourth-order valence-electron chi connectivity index (χ4n) is 9.06. The van der Waals surface area contributed by atoms with E-state index < -0.39 is 53.7 Å². The number of rotatable bonds is 16. The summed E-state index contributed by atoms with van der Waals surface area (Å²) >= 11 is 0. The van der Waals surface area contributed by atoms with Crippen LogP contribution < -0.4 is 5.73 Å². The van der Waals surface area contributed by atoms with Crippen LogP contribution in [0.15, 0.2) is 109 Å². The van der Waals surface area contributed by atoms with Gasteiger partial charge in [0.1, 0.15) is 23.3 Å². The average molecular weight is 962 g/mol. The second-order valence-corrected chi connectivity index (χ2v) is 20.9. The Kier molecular flexibility index (Phi) is 20.0. The lowest BCUT2D eigenvalue weighted by molar-refractivity contribution is -0.149. The summed E-state index contributed by atoms with van der Waals surface area (Å²) < 4.78 is 11.2. The molecule has 0 aromatic heterocycles. The number of hydrogen-bond donors (Lipinski definition) is 3. The first kappa shape index (κ1) is 55.2. The normalized spacial score (nSPS) is 18.3. The van der Waals surface area contributed by atoms with E-state index in [-0.39, 0.29) is 24.3 Å². The molecule has 6 rings (SSSR count). The standard InChI is InChI=1S/C29H40N2O4.C28H39N3O4/c1-6-11-22-14-10-15-24(19-22)18-21(2)26(32)25-27(33)30(20-23-12-8-7-9-13-23)16-17-31(25)28(34)35-29(3,4)5;1-5-10-20-13-9-14-22(17-20)18-23(29)25(32)24-26(33)30(19-21-11-7-6-8-12-21)15-16-31(24)27(34)35-28(2,3)4/h7-10,12-15,19,21,25-26,32H,6,11,16-18,20H2,1-5H3;6-9,11-14,17,23-25,32H,5,10,15-16,18-19,29H2,1-4H3/t21-,25-,26-;23-,24-,25-/m00/s1. The highest BCUT2D eigenvalue weighted by molar-refractivity contribution is 5.88. The van der Waals surface area contributed by atoms with Crippen LogP contribution in [0.25, 0.3) is 0 Å². The van der Waals surface area contributed by atoms with Gasteiger partial charge in [0.2, 0.25) is 11.8 Å². The molecular weight excluding hydrogens is 883 g/mol. The van der Waals surface area contributed by atoms with Gasteiger partial charge in [0.15, 0.2) is 0 Å². The largest absolute Gasteiger partial charge is 0.444 e. The van der Waals surface area contributed by atoms with Crippen molar-refractivity contribution in [2.24, 2.45) is 11.7 Å². The van der Waals surface area contributed by atoms with Crippen molar-refractivity contribution >= 4 is 24.0 Å². The first-order valence-corrected chi connectivity index (χ1v) is 25.1. The molecule has 0 spiro atoms. The molecule has 0 aliphatic carbocycles. The molecule has 4 amide bonds. The minimum absolute atomic E-state index is 0.234. The number of carbonyl (C=O) groups is 4. The molecule has 2 heterocycles. The Morgan fingerprint density at radius 3 is 1.34 bits per heavy atom. The van der Waals surface area contributed by atoms with Gasteiger partial charge >= 0.3 is 12.2 Å². The van der Waals surface area contributed by atoms with Gasteiger partial charge in [-0.3, -0.25) is 19.4 Å². The van der Waals surface area contributed by atoms with Crippen LogP contribution in [0.1, 0.15) is 109 Å². The molecule has 6 atom stereocenters. The monoisotopic (exact) mass is 962 g/mol. The minimum atomic E-state index is -1.25. The molecule has 4 aromatic rings. The molecule has 13 heteroatoms. The van der Waals surface area contributed by atoms with Crippen molar-refractivity contribution in [1.29, 1.82) is 0 Å². The SMILES string of the molecule is CCCc1cccc(C[C@H](C)[C@H](O)[C@H]2C(=O)N(Cc3ccccc3)CCN2C(=O)OC(C)(C)C)c1.CCCc1cccc(C[C@H](N)[C@H](O)[C@H]2C(=O)N(Cc3ccccc3)CCN2C(=O)OC(C)(C)C)c1. The molecule has 2 saturated heterocycles. The minimum Gasteiger partial charge on any atom is -0.444 e. The zero-order valence-corrected chi connectivity index (χ0v) is 43.1. The van der Waals surface area contributed by atoms with Gasteiger partial charge in [0.25, 0.3) is 0 Å². The maximum Gasteiger partial charge on any atom is 0.411 e. The van der Waals surface area contributed by atoms with Crippen LogP contribution in [0, 0.1) is 5.92 Å². The summed E-state index contributed by atoms with van der Waals surface area (Å²) in [5.74, 6) is -0.805. The number of aliphatic hydroxyl groups excluding tert-OH is 2. The van der Waals surface area contributed by atoms with E-state index in [0.717, 1.165) is 47.9 Å². The van der Waals surface area contributed by atoms with Crippen molar-refractivity contribution in [2.45, 2.75) is 155 Å². The first-order chi connectivity index (χ1) is 33.2. The summed E-state index contributed by atoms with van der Waals surface area (Å²) in [5, 5.41) is 22.8. The van der Waals surface area contributed by atoms with E-state index in [1.807, 2.05) is 85.8 Å². The van der Waals surface area contributed by atoms with Crippen LogP contribution in [-0.2, 0) is 57.8 Å². The maximum atomic E-state index is 13.7. The van der Waals surface area contributed by atoms with Crippen molar-refractivity contribution < 1.29 is 38.9 Å². The summed E-state index contributed by atoms with van der Waals surface area (Å²) in [4.78, 5) is 59.5. The Labute approximate surface area is 416 Å². The zero-order valence-electron chi connectivity index (χ0n) is 43.1. The Balaban J connectivity index is 0.000000261. The molecule has 0 radical (unpaired) electrons. The van der Waals surface area contributed by atoms with E-state index in [9.17, 15) is 29.4 Å². The Morgan fingerprint density at radius 2 is 0.943 bits per heavy atom. The number of piperazine rings is 2. The number of aliphatic hydroxyl groups is 2. The van der Waals surface area contributed by atoms with Crippen LogP contribution in [-0.4, -0.2) is 122 Å². The summed E-state index contributed by atoms with van der Waals surface area (Å²) in [6.45, 7) is 19.1. The van der Waals surface area contributed by atoms with Gasteiger partial charge in [-0.2, -0.15) is 0 Å². The summed E-state index contributed by atoms with van der Waals surface area (Å²) in [5.41, 5.74) is 11.6. The Hall–Kier alpha value is -5.76. The third-order valence-corrected chi connectivity index (χ3v) is 12.5. The van der Waals surface area contributed by atoms with Crippen LogP contribution in [0.4, 0.5) is 9.59 Å². The zero-order chi connectivity index (χ0) is 51.2. The Morgan fingerprint density at radius 1 is 0.571 bits per heavy atom. The van der Waals surface area contributed by atoms with Crippen LogP contribution in [0.5, 0.6) is 0 Å². The summed E-state index contributed by atoms with van der Waals surface area (Å²) in [6.07, 6.45) is 1.63. The second-order valence-electron chi connectivity index (χ2n) is 20.9. The van der Waals surface area contributed by atoms with E-state index in [1.165, 1.54) is 20.9 Å². The fourth-order valence-corrected chi connectivity index (χ4v) is 9.06. The second kappa shape index (κ2) is 25.4. The third kappa shape index (κ3) is 16.1. The molecule has 2 aliphatic heterocycles. The van der Waals surface area contributed by atoms with Crippen LogP contribution in [0.2, 0.25) is 0 Å². The number of hydrogen-bond acceptors (Lipinski definition) is 9. The smallest absolute Gasteiger partial charge is 0.411 e. The van der Waals surface area contributed by atoms with Gasteiger partial charge in [-0.15, -0.1) is 0 Å². The number of ether oxygens (including phenoxy) is 2. The topological polar surface area (TPSA) is 166 Å². The van der Waals surface area contributed by atoms with Crippen molar-refractivity contribution in [1.82, 2.24) is 19.6 Å². The molecule has 380 valence electrons. The molecular formula is C57H79N5O8. The van der Waals surface area contributed by atoms with Crippen molar-refractivity contribution in [3.63, 3.8) is 0 Å². The van der Waals surface area contributed by atoms with Gasteiger partial charge in [-0.1, -0.05) is 143 Å². The van der Waals surface area contributed by atoms with Gasteiger partial charge in [0, 0.05) is 45.3 Å². The molecule has 4 aromatic carbocycles. The van der Waals surface area contributed by atoms with Gasteiger partial charge in [-0.05, 0) is 107 Å². The molecule has 70 heavy (non-hydrogen) atoms. The number of amides is 4. The number of nitrogens with zero attached hydrogens (tertiary/aromatic N) is 4. The molecule has 2 fully saturated rings. The van der Waals surface area contributed by atoms with Crippen molar-refractivity contribution in [2.75, 3.05) is 26.2 Å². The molecule has 2 aliphatic rings. The third-order valence-electron chi connectivity index (χ3n) is 12.5. The van der Waals surface area contributed by atoms with E-state index in [0.29, 0.717) is 45.6 Å². The summed E-state index contributed by atoms with van der Waals surface area (Å²) in [7, 11) is 0. The number of nitrogens with two attached hydrogens (primary N) is 1. The molecule has 13 nitrogen and oxygen atoms in total. The first-order valence-electron chi connectivity index (χ1n) is 25.1. The van der Waals surface area contributed by atoms with E-state index in [4.69, 9.17) is 15.2 Å². The Bertz CT molecular complexity index is 2140. The van der Waals surface area contributed by atoms with Crippen LogP contribution >= 0.6 is 0 Å². The lowest BCUT2D eigenvalue weighted by atomic mass is 9.88. The highest BCUT2D eigenvalue weighted by Gasteiger charge is 2.46. The predicted octanol–water partition coefficient (Wildman–Crippen LogP) is 8.34. The molecule has 0 unspecified atom stereocenters. The summed E-state index contributed by atoms with van der Waals surface area (Å²) in [6, 6.07) is 33.1. The fraction of sp³-hybridized carbons (Fsp3) is 0.509. The predicted molar refractivity (Wildman–Crippen MR) is 275 cm³/mol. The van der Waals surface area contributed by atoms with Crippen molar-refractivity contribution in [3.05, 3.63) is 143 Å². The van der Waals surface area contributed by atoms with E-state index >= 15 is 0 Å². The highest BCUT2D eigenvalue weighted by atomic mass is 16.6. The lowest BCUT2D eigenvalue weighted by Gasteiger charge is -2.43. The molecule has 4 N–H and O–H groups in total. The van der Waals surface area contributed by atoms with E-state index in [2.05, 4.69) is 44.2 Å². The highest BCUT2D eigenvalue weighted by Crippen LogP contribution is 2.27. The maximum absolute atomic E-state index is 13.7. The number of carbonyl (C=O) groups excluding carboxylic acids is 4.